The van der Waals surface area contributed by atoms with Gasteiger partial charge in [0, 0.05) is 12.2 Å². The predicted molar refractivity (Wildman–Crippen MR) is 123 cm³/mol. The summed E-state index contributed by atoms with van der Waals surface area (Å²) in [5.41, 5.74) is 5.43. The molecule has 0 aliphatic carbocycles. The second kappa shape index (κ2) is 9.23. The third-order valence-electron chi connectivity index (χ3n) is 5.85. The third kappa shape index (κ3) is 4.42. The fourth-order valence-corrected chi connectivity index (χ4v) is 4.28. The van der Waals surface area contributed by atoms with Gasteiger partial charge in [-0.2, -0.15) is 0 Å². The van der Waals surface area contributed by atoms with Crippen LogP contribution in [-0.4, -0.2) is 38.1 Å². The number of amides is 1. The molecular weight excluding hydrogens is 388 g/mol. The molecule has 0 aromatic heterocycles. The molecule has 31 heavy (non-hydrogen) atoms. The van der Waals surface area contributed by atoms with Gasteiger partial charge >= 0.3 is 0 Å². The summed E-state index contributed by atoms with van der Waals surface area (Å²) in [5, 5.41) is 3.07. The van der Waals surface area contributed by atoms with Crippen molar-refractivity contribution in [3.05, 3.63) is 89.0 Å². The molecule has 5 nitrogen and oxygen atoms in total. The Balaban J connectivity index is 1.66. The summed E-state index contributed by atoms with van der Waals surface area (Å²) in [6.45, 7) is 3.09. The zero-order valence-electron chi connectivity index (χ0n) is 18.2. The lowest BCUT2D eigenvalue weighted by molar-refractivity contribution is -0.117. The summed E-state index contributed by atoms with van der Waals surface area (Å²) < 4.78 is 11.1. The number of nitrogens with one attached hydrogen (secondary N) is 1. The molecule has 1 N–H and O–H groups in total. The van der Waals surface area contributed by atoms with Crippen molar-refractivity contribution >= 4 is 11.6 Å². The molecule has 0 radical (unpaired) electrons. The molecule has 1 heterocycles. The highest BCUT2D eigenvalue weighted by molar-refractivity contribution is 5.93. The molecule has 0 saturated heterocycles. The van der Waals surface area contributed by atoms with E-state index in [0.29, 0.717) is 12.3 Å². The zero-order valence-corrected chi connectivity index (χ0v) is 18.2. The highest BCUT2D eigenvalue weighted by Crippen LogP contribution is 2.40. The van der Waals surface area contributed by atoms with Crippen molar-refractivity contribution in [2.24, 2.45) is 0 Å². The van der Waals surface area contributed by atoms with Crippen LogP contribution in [0.15, 0.2) is 66.7 Å². The number of ether oxygens (including phenoxy) is 2. The van der Waals surface area contributed by atoms with E-state index in [4.69, 9.17) is 9.47 Å². The van der Waals surface area contributed by atoms with E-state index in [-0.39, 0.29) is 11.9 Å². The van der Waals surface area contributed by atoms with Crippen molar-refractivity contribution in [2.45, 2.75) is 19.4 Å². The van der Waals surface area contributed by atoms with Gasteiger partial charge in [-0.05, 0) is 53.8 Å². The van der Waals surface area contributed by atoms with Gasteiger partial charge in [0.05, 0.1) is 26.8 Å². The number of anilines is 1. The number of para-hydroxylation sites is 1. The largest absolute Gasteiger partial charge is 0.493 e. The van der Waals surface area contributed by atoms with Gasteiger partial charge in [0.25, 0.3) is 0 Å². The predicted octanol–water partition coefficient (Wildman–Crippen LogP) is 4.60. The topological polar surface area (TPSA) is 50.8 Å². The Morgan fingerprint density at radius 3 is 2.39 bits per heavy atom. The second-order valence-electron chi connectivity index (χ2n) is 7.80. The maximum absolute atomic E-state index is 12.9. The molecule has 5 heteroatoms. The molecular formula is C26H28N2O3. The van der Waals surface area contributed by atoms with E-state index in [9.17, 15) is 4.79 Å². The number of hydrogen-bond acceptors (Lipinski definition) is 4. The lowest BCUT2D eigenvalue weighted by atomic mass is 9.87. The van der Waals surface area contributed by atoms with Crippen LogP contribution in [0.3, 0.4) is 0 Å². The molecule has 0 bridgehead atoms. The van der Waals surface area contributed by atoms with Crippen molar-refractivity contribution in [1.29, 1.82) is 0 Å². The highest BCUT2D eigenvalue weighted by Gasteiger charge is 2.31. The van der Waals surface area contributed by atoms with Gasteiger partial charge in [-0.1, -0.05) is 48.5 Å². The summed E-state index contributed by atoms with van der Waals surface area (Å²) in [7, 11) is 3.31. The van der Waals surface area contributed by atoms with Crippen molar-refractivity contribution in [2.75, 3.05) is 32.6 Å². The molecule has 0 unspecified atom stereocenters. The number of fused-ring (bicyclic) bond motifs is 1. The number of hydrogen-bond donors (Lipinski definition) is 1. The van der Waals surface area contributed by atoms with Crippen molar-refractivity contribution in [3.8, 4) is 11.5 Å². The van der Waals surface area contributed by atoms with E-state index >= 15 is 0 Å². The number of carbonyl (C=O) groups is 1. The van der Waals surface area contributed by atoms with Gasteiger partial charge in [0.2, 0.25) is 5.91 Å². The van der Waals surface area contributed by atoms with Gasteiger partial charge in [-0.25, -0.2) is 0 Å². The molecule has 160 valence electrons. The summed E-state index contributed by atoms with van der Waals surface area (Å²) >= 11 is 0. The first-order chi connectivity index (χ1) is 15.1. The molecule has 1 amide bonds. The number of aryl methyl sites for hydroxylation is 1. The monoisotopic (exact) mass is 416 g/mol. The van der Waals surface area contributed by atoms with Gasteiger partial charge in [-0.3, -0.25) is 9.69 Å². The average Bonchev–Trinajstić information content (AvgIpc) is 2.80. The first-order valence-corrected chi connectivity index (χ1v) is 10.5. The van der Waals surface area contributed by atoms with Crippen LogP contribution >= 0.6 is 0 Å². The van der Waals surface area contributed by atoms with Crippen molar-refractivity contribution in [1.82, 2.24) is 4.90 Å². The minimum Gasteiger partial charge on any atom is -0.493 e. The van der Waals surface area contributed by atoms with Crippen LogP contribution in [0.25, 0.3) is 0 Å². The minimum absolute atomic E-state index is 0.0147. The summed E-state index contributed by atoms with van der Waals surface area (Å²) in [6.07, 6.45) is 0.844. The smallest absolute Gasteiger partial charge is 0.238 e. The Hall–Kier alpha value is -3.31. The van der Waals surface area contributed by atoms with Crippen LogP contribution in [0.5, 0.6) is 11.5 Å². The van der Waals surface area contributed by atoms with E-state index < -0.39 is 0 Å². The summed E-state index contributed by atoms with van der Waals surface area (Å²) in [5.74, 6) is 1.42. The Kier molecular flexibility index (Phi) is 6.23. The van der Waals surface area contributed by atoms with Crippen LogP contribution < -0.4 is 14.8 Å². The molecule has 3 aromatic carbocycles. The maximum Gasteiger partial charge on any atom is 0.238 e. The Labute approximate surface area is 183 Å². The molecule has 3 aromatic rings. The quantitative estimate of drug-likeness (QED) is 0.638. The van der Waals surface area contributed by atoms with E-state index in [1.807, 2.05) is 49.4 Å². The first-order valence-electron chi connectivity index (χ1n) is 10.5. The van der Waals surface area contributed by atoms with Crippen LogP contribution in [-0.2, 0) is 11.2 Å². The van der Waals surface area contributed by atoms with Gasteiger partial charge < -0.3 is 14.8 Å². The number of methoxy groups -OCH3 is 2. The molecule has 0 fully saturated rings. The lowest BCUT2D eigenvalue weighted by Crippen LogP contribution is -2.41. The van der Waals surface area contributed by atoms with Crippen molar-refractivity contribution in [3.63, 3.8) is 0 Å². The van der Waals surface area contributed by atoms with Crippen LogP contribution in [0.4, 0.5) is 5.69 Å². The molecule has 1 aliphatic rings. The Morgan fingerprint density at radius 1 is 1.00 bits per heavy atom. The second-order valence-corrected chi connectivity index (χ2v) is 7.80. The van der Waals surface area contributed by atoms with Gasteiger partial charge in [0.15, 0.2) is 11.5 Å². The minimum atomic E-state index is -0.0348. The fraction of sp³-hybridized carbons (Fsp3) is 0.269. The number of carbonyl (C=O) groups excluding carboxylic acids is 1. The lowest BCUT2D eigenvalue weighted by Gasteiger charge is -2.37. The fourth-order valence-electron chi connectivity index (χ4n) is 4.28. The van der Waals surface area contributed by atoms with Gasteiger partial charge in [0.1, 0.15) is 0 Å². The standard InChI is InChI=1S/C26H28N2O3/c1-18-9-7-8-12-22(18)27-25(29)17-28-14-13-20-15-23(30-2)24(31-3)16-21(20)26(28)19-10-5-4-6-11-19/h4-12,15-16,26H,13-14,17H2,1-3H3,(H,27,29)/t26-/m0/s1. The Morgan fingerprint density at radius 2 is 1.68 bits per heavy atom. The van der Waals surface area contributed by atoms with E-state index in [1.54, 1.807) is 14.2 Å². The SMILES string of the molecule is COc1cc2c(cc1OC)[C@H](c1ccccc1)N(CC(=O)Nc1ccccc1C)CC2. The number of rotatable bonds is 6. The molecule has 4 rings (SSSR count). The summed E-state index contributed by atoms with van der Waals surface area (Å²) in [6, 6.07) is 22.2. The molecule has 1 aliphatic heterocycles. The number of nitrogens with zero attached hydrogens (tertiary/aromatic N) is 1. The maximum atomic E-state index is 12.9. The van der Waals surface area contributed by atoms with E-state index in [0.717, 1.165) is 41.1 Å². The molecule has 1 atom stereocenters. The van der Waals surface area contributed by atoms with E-state index in [2.05, 4.69) is 34.5 Å². The first kappa shape index (κ1) is 20.9. The van der Waals surface area contributed by atoms with Crippen LogP contribution in [0, 0.1) is 6.92 Å². The van der Waals surface area contributed by atoms with Gasteiger partial charge in [-0.15, -0.1) is 0 Å². The average molecular weight is 417 g/mol. The molecule has 0 spiro atoms. The normalized spacial score (nSPS) is 15.8. The molecule has 0 saturated carbocycles. The van der Waals surface area contributed by atoms with Crippen LogP contribution in [0.2, 0.25) is 0 Å². The van der Waals surface area contributed by atoms with Crippen molar-refractivity contribution < 1.29 is 14.3 Å². The Bertz CT molecular complexity index is 1070. The zero-order chi connectivity index (χ0) is 21.8. The van der Waals surface area contributed by atoms with Crippen LogP contribution in [0.1, 0.15) is 28.3 Å². The van der Waals surface area contributed by atoms with E-state index in [1.165, 1.54) is 5.56 Å². The summed E-state index contributed by atoms with van der Waals surface area (Å²) in [4.78, 5) is 15.2. The third-order valence-corrected chi connectivity index (χ3v) is 5.85. The highest BCUT2D eigenvalue weighted by atomic mass is 16.5. The number of benzene rings is 3.